The second kappa shape index (κ2) is 10.5. The van der Waals surface area contributed by atoms with Gasteiger partial charge in [0, 0.05) is 11.6 Å². The minimum absolute atomic E-state index is 0.0480. The fraction of sp³-hybridized carbons (Fsp3) is 0.200. The van der Waals surface area contributed by atoms with Gasteiger partial charge in [0.25, 0.3) is 5.91 Å². The fourth-order valence-corrected chi connectivity index (χ4v) is 3.96. The predicted octanol–water partition coefficient (Wildman–Crippen LogP) is 3.94. The minimum Gasteiger partial charge on any atom is -0.468 e. The molecular formula is C25H27N3O5S. The lowest BCUT2D eigenvalue weighted by molar-refractivity contribution is -0.111. The Kier molecular flexibility index (Phi) is 7.70. The van der Waals surface area contributed by atoms with Crippen LogP contribution in [0.4, 0.5) is 5.69 Å². The van der Waals surface area contributed by atoms with E-state index in [4.69, 9.17) is 4.42 Å². The number of hydrogen-bond acceptors (Lipinski definition) is 5. The van der Waals surface area contributed by atoms with Gasteiger partial charge in [-0.3, -0.25) is 9.59 Å². The van der Waals surface area contributed by atoms with Crippen molar-refractivity contribution >= 4 is 33.6 Å². The summed E-state index contributed by atoms with van der Waals surface area (Å²) in [6.45, 7) is 5.67. The third-order valence-electron chi connectivity index (χ3n) is 4.55. The van der Waals surface area contributed by atoms with Gasteiger partial charge in [-0.25, -0.2) is 13.1 Å². The van der Waals surface area contributed by atoms with E-state index in [0.29, 0.717) is 22.6 Å². The second-order valence-electron chi connectivity index (χ2n) is 8.55. The Balaban J connectivity index is 1.63. The molecule has 0 bridgehead atoms. The van der Waals surface area contributed by atoms with Crippen LogP contribution in [0.5, 0.6) is 0 Å². The van der Waals surface area contributed by atoms with Crippen LogP contribution in [0, 0.1) is 0 Å². The third-order valence-corrected chi connectivity index (χ3v) is 5.97. The Morgan fingerprint density at radius 3 is 2.32 bits per heavy atom. The minimum atomic E-state index is -3.70. The number of benzene rings is 2. The molecule has 9 heteroatoms. The first-order chi connectivity index (χ1) is 16.0. The van der Waals surface area contributed by atoms with Crippen molar-refractivity contribution in [3.8, 4) is 0 Å². The highest BCUT2D eigenvalue weighted by atomic mass is 32.2. The molecule has 1 aromatic heterocycles. The van der Waals surface area contributed by atoms with Crippen LogP contribution in [0.3, 0.4) is 0 Å². The van der Waals surface area contributed by atoms with Crippen molar-refractivity contribution in [3.05, 3.63) is 89.9 Å². The lowest BCUT2D eigenvalue weighted by atomic mass is 10.1. The highest BCUT2D eigenvalue weighted by molar-refractivity contribution is 7.89. The van der Waals surface area contributed by atoms with Gasteiger partial charge >= 0.3 is 0 Å². The number of hydrogen-bond donors (Lipinski definition) is 3. The van der Waals surface area contributed by atoms with Crippen molar-refractivity contribution in [1.82, 2.24) is 10.0 Å². The van der Waals surface area contributed by atoms with Gasteiger partial charge < -0.3 is 15.1 Å². The molecule has 0 unspecified atom stereocenters. The molecule has 0 radical (unpaired) electrons. The quantitative estimate of drug-likeness (QED) is 0.421. The summed E-state index contributed by atoms with van der Waals surface area (Å²) in [6.07, 6.45) is 4.34. The molecule has 0 saturated carbocycles. The Morgan fingerprint density at radius 1 is 0.971 bits per heavy atom. The molecule has 0 aliphatic rings. The van der Waals surface area contributed by atoms with E-state index in [2.05, 4.69) is 15.4 Å². The molecule has 2 aromatic carbocycles. The van der Waals surface area contributed by atoms with Crippen molar-refractivity contribution < 1.29 is 22.4 Å². The number of carbonyl (C=O) groups is 2. The summed E-state index contributed by atoms with van der Waals surface area (Å²) in [4.78, 5) is 25.1. The summed E-state index contributed by atoms with van der Waals surface area (Å²) in [6, 6.07) is 16.2. The zero-order valence-corrected chi connectivity index (χ0v) is 20.0. The molecule has 8 nitrogen and oxygen atoms in total. The summed E-state index contributed by atoms with van der Waals surface area (Å²) >= 11 is 0. The Morgan fingerprint density at radius 2 is 1.68 bits per heavy atom. The molecule has 3 N–H and O–H groups in total. The highest BCUT2D eigenvalue weighted by Gasteiger charge is 2.18. The molecule has 2 amide bonds. The van der Waals surface area contributed by atoms with Crippen LogP contribution in [0.2, 0.25) is 0 Å². The number of nitrogens with one attached hydrogen (secondary N) is 3. The highest BCUT2D eigenvalue weighted by Crippen LogP contribution is 2.17. The number of anilines is 1. The van der Waals surface area contributed by atoms with Crippen LogP contribution in [0.1, 0.15) is 42.5 Å². The first kappa shape index (κ1) is 24.9. The van der Waals surface area contributed by atoms with Gasteiger partial charge in [-0.2, -0.15) is 0 Å². The van der Waals surface area contributed by atoms with Gasteiger partial charge in [-0.15, -0.1) is 0 Å². The first-order valence-corrected chi connectivity index (χ1v) is 12.0. The van der Waals surface area contributed by atoms with Crippen molar-refractivity contribution in [2.75, 3.05) is 5.32 Å². The van der Waals surface area contributed by atoms with Gasteiger partial charge in [-0.1, -0.05) is 24.3 Å². The summed E-state index contributed by atoms with van der Waals surface area (Å²) in [5.74, 6) is -0.204. The van der Waals surface area contributed by atoms with E-state index in [0.717, 1.165) is 0 Å². The van der Waals surface area contributed by atoms with E-state index in [1.54, 1.807) is 54.6 Å². The van der Waals surface area contributed by atoms with Crippen LogP contribution in [0.25, 0.3) is 6.08 Å². The Hall–Kier alpha value is -3.69. The van der Waals surface area contributed by atoms with Gasteiger partial charge in [-0.05, 0) is 68.8 Å². The number of amides is 2. The second-order valence-corrected chi connectivity index (χ2v) is 10.3. The molecule has 34 heavy (non-hydrogen) atoms. The Bertz CT molecular complexity index is 1270. The summed E-state index contributed by atoms with van der Waals surface area (Å²) in [5.41, 5.74) is 0.972. The van der Waals surface area contributed by atoms with Crippen molar-refractivity contribution in [3.63, 3.8) is 0 Å². The van der Waals surface area contributed by atoms with Gasteiger partial charge in [0.1, 0.15) is 5.76 Å². The molecule has 0 spiro atoms. The SMILES string of the molecule is CC(C)(C)NC(=O)c1ccccc1NC(=O)C=Cc1ccc(S(=O)(=O)NCc2ccco2)cc1. The molecule has 0 fully saturated rings. The van der Waals surface area contributed by atoms with E-state index in [1.807, 2.05) is 20.8 Å². The molecule has 3 rings (SSSR count). The standard InChI is InChI=1S/C25H27N3O5S/c1-25(2,3)28-24(30)21-8-4-5-9-22(21)27-23(29)15-12-18-10-13-20(14-11-18)34(31,32)26-17-19-7-6-16-33-19/h4-16,26H,17H2,1-3H3,(H,27,29)(H,28,30). The first-order valence-electron chi connectivity index (χ1n) is 10.6. The molecule has 178 valence electrons. The maximum atomic E-state index is 12.5. The number of sulfonamides is 1. The third kappa shape index (κ3) is 7.16. The van der Waals surface area contributed by atoms with E-state index in [-0.39, 0.29) is 17.3 Å². The van der Waals surface area contributed by atoms with Gasteiger partial charge in [0.2, 0.25) is 15.9 Å². The molecule has 0 saturated heterocycles. The number of furan rings is 1. The molecular weight excluding hydrogens is 454 g/mol. The van der Waals surface area contributed by atoms with Crippen LogP contribution >= 0.6 is 0 Å². The van der Waals surface area contributed by atoms with Gasteiger partial charge in [0.15, 0.2) is 0 Å². The maximum Gasteiger partial charge on any atom is 0.253 e. The normalized spacial score (nSPS) is 12.0. The molecule has 0 aliphatic heterocycles. The van der Waals surface area contributed by atoms with Gasteiger partial charge in [0.05, 0.1) is 29.0 Å². The Labute approximate surface area is 199 Å². The van der Waals surface area contributed by atoms with Crippen molar-refractivity contribution in [1.29, 1.82) is 0 Å². The largest absolute Gasteiger partial charge is 0.468 e. The van der Waals surface area contributed by atoms with Crippen molar-refractivity contribution in [2.45, 2.75) is 37.8 Å². The van der Waals surface area contributed by atoms with E-state index in [1.165, 1.54) is 24.5 Å². The zero-order chi connectivity index (χ0) is 24.8. The molecule has 1 heterocycles. The van der Waals surface area contributed by atoms with Crippen LogP contribution in [-0.2, 0) is 21.4 Å². The van der Waals surface area contributed by atoms with Crippen molar-refractivity contribution in [2.24, 2.45) is 0 Å². The average molecular weight is 482 g/mol. The molecule has 3 aromatic rings. The average Bonchev–Trinajstić information content (AvgIpc) is 3.30. The number of rotatable bonds is 8. The summed E-state index contributed by atoms with van der Waals surface area (Å²) in [5, 5.41) is 5.59. The van der Waals surface area contributed by atoms with E-state index < -0.39 is 21.5 Å². The van der Waals surface area contributed by atoms with E-state index in [9.17, 15) is 18.0 Å². The van der Waals surface area contributed by atoms with Crippen LogP contribution in [-0.4, -0.2) is 25.8 Å². The summed E-state index contributed by atoms with van der Waals surface area (Å²) in [7, 11) is -3.70. The lowest BCUT2D eigenvalue weighted by Gasteiger charge is -2.21. The fourth-order valence-electron chi connectivity index (χ4n) is 2.97. The molecule has 0 atom stereocenters. The lowest BCUT2D eigenvalue weighted by Crippen LogP contribution is -2.40. The zero-order valence-electron chi connectivity index (χ0n) is 19.2. The monoisotopic (exact) mass is 481 g/mol. The van der Waals surface area contributed by atoms with Crippen LogP contribution in [0.15, 0.2) is 82.3 Å². The van der Waals surface area contributed by atoms with E-state index >= 15 is 0 Å². The summed E-state index contributed by atoms with van der Waals surface area (Å²) < 4.78 is 32.4. The van der Waals surface area contributed by atoms with Crippen LogP contribution < -0.4 is 15.4 Å². The number of carbonyl (C=O) groups excluding carboxylic acids is 2. The predicted molar refractivity (Wildman–Crippen MR) is 131 cm³/mol. The maximum absolute atomic E-state index is 12.5. The molecule has 0 aliphatic carbocycles. The topological polar surface area (TPSA) is 118 Å². The number of para-hydroxylation sites is 1. The smallest absolute Gasteiger partial charge is 0.253 e.